The van der Waals surface area contributed by atoms with Crippen LogP contribution in [0.4, 0.5) is 4.39 Å². The third-order valence-corrected chi connectivity index (χ3v) is 6.96. The first-order valence-corrected chi connectivity index (χ1v) is 12.6. The van der Waals surface area contributed by atoms with Gasteiger partial charge in [0.2, 0.25) is 5.91 Å². The molecule has 5 nitrogen and oxygen atoms in total. The maximum atomic E-state index is 14.7. The number of carbonyl (C=O) groups is 2. The maximum Gasteiger partial charge on any atom is 0.335 e. The molecule has 3 aromatic rings. The molecule has 1 amide bonds. The van der Waals surface area contributed by atoms with E-state index in [1.165, 1.54) is 6.07 Å². The van der Waals surface area contributed by atoms with E-state index in [-0.39, 0.29) is 23.3 Å². The zero-order chi connectivity index (χ0) is 26.5. The number of aromatic carboxylic acids is 1. The summed E-state index contributed by atoms with van der Waals surface area (Å²) in [7, 11) is 0. The number of carboxylic acid groups (broad SMARTS) is 1. The SMILES string of the molecule is Cc1ccc(-c2cc(C(O)/C=C/C3CCC(=O)N3CCCc3ccc(C(=O)O)cc3)ccc2F)c(C)c1. The topological polar surface area (TPSA) is 77.8 Å². The van der Waals surface area contributed by atoms with Gasteiger partial charge in [0.05, 0.1) is 17.7 Å². The fraction of sp³-hybridized carbons (Fsp3) is 0.290. The largest absolute Gasteiger partial charge is 0.478 e. The number of aryl methyl sites for hydroxylation is 3. The second kappa shape index (κ2) is 11.5. The first-order chi connectivity index (χ1) is 17.7. The molecule has 1 aliphatic heterocycles. The molecule has 0 saturated carbocycles. The van der Waals surface area contributed by atoms with E-state index < -0.39 is 12.1 Å². The number of rotatable bonds is 9. The summed E-state index contributed by atoms with van der Waals surface area (Å²) in [5.41, 5.74) is 5.20. The van der Waals surface area contributed by atoms with E-state index in [0.29, 0.717) is 30.5 Å². The third-order valence-electron chi connectivity index (χ3n) is 6.96. The van der Waals surface area contributed by atoms with Crippen LogP contribution in [0.5, 0.6) is 0 Å². The first-order valence-electron chi connectivity index (χ1n) is 12.6. The molecule has 4 rings (SSSR count). The molecule has 0 bridgehead atoms. The van der Waals surface area contributed by atoms with Crippen molar-refractivity contribution in [1.82, 2.24) is 4.90 Å². The van der Waals surface area contributed by atoms with Crippen molar-refractivity contribution in [2.24, 2.45) is 0 Å². The predicted molar refractivity (Wildman–Crippen MR) is 142 cm³/mol. The van der Waals surface area contributed by atoms with Crippen molar-refractivity contribution in [2.45, 2.75) is 51.7 Å². The van der Waals surface area contributed by atoms with Gasteiger partial charge in [-0.15, -0.1) is 0 Å². The summed E-state index contributed by atoms with van der Waals surface area (Å²) >= 11 is 0. The van der Waals surface area contributed by atoms with Gasteiger partial charge in [-0.05, 0) is 79.6 Å². The molecule has 6 heteroatoms. The van der Waals surface area contributed by atoms with Crippen molar-refractivity contribution >= 4 is 11.9 Å². The zero-order valence-electron chi connectivity index (χ0n) is 21.2. The Bertz CT molecular complexity index is 1320. The van der Waals surface area contributed by atoms with E-state index in [9.17, 15) is 19.1 Å². The number of likely N-dealkylation sites (tertiary alicyclic amines) is 1. The number of benzene rings is 3. The second-order valence-electron chi connectivity index (χ2n) is 9.69. The number of amides is 1. The van der Waals surface area contributed by atoms with E-state index in [0.717, 1.165) is 35.1 Å². The van der Waals surface area contributed by atoms with Crippen LogP contribution < -0.4 is 0 Å². The molecule has 192 valence electrons. The molecular weight excluding hydrogens is 469 g/mol. The molecule has 0 radical (unpaired) electrons. The van der Waals surface area contributed by atoms with Crippen LogP contribution in [0.3, 0.4) is 0 Å². The van der Waals surface area contributed by atoms with Crippen molar-refractivity contribution < 1.29 is 24.2 Å². The smallest absolute Gasteiger partial charge is 0.335 e. The predicted octanol–water partition coefficient (Wildman–Crippen LogP) is 6.02. The molecule has 1 fully saturated rings. The van der Waals surface area contributed by atoms with E-state index in [4.69, 9.17) is 5.11 Å². The number of halogens is 1. The number of aliphatic hydroxyl groups excluding tert-OH is 1. The number of hydrogen-bond donors (Lipinski definition) is 2. The Kier molecular flexibility index (Phi) is 8.19. The minimum absolute atomic E-state index is 0.0873. The molecule has 1 saturated heterocycles. The minimum Gasteiger partial charge on any atom is -0.478 e. The summed E-state index contributed by atoms with van der Waals surface area (Å²) in [5.74, 6) is -1.20. The Morgan fingerprint density at radius 2 is 1.84 bits per heavy atom. The number of carboxylic acids is 1. The molecule has 0 aromatic heterocycles. The van der Waals surface area contributed by atoms with Crippen LogP contribution in [-0.4, -0.2) is 39.6 Å². The van der Waals surface area contributed by atoms with Crippen LogP contribution in [0.25, 0.3) is 11.1 Å². The maximum absolute atomic E-state index is 14.7. The summed E-state index contributed by atoms with van der Waals surface area (Å²) in [5, 5.41) is 19.9. The van der Waals surface area contributed by atoms with E-state index in [1.807, 2.05) is 43.0 Å². The normalized spacial score (nSPS) is 16.5. The number of hydrogen-bond acceptors (Lipinski definition) is 3. The van der Waals surface area contributed by atoms with Gasteiger partial charge in [-0.1, -0.05) is 54.1 Å². The Hall–Kier alpha value is -3.77. The van der Waals surface area contributed by atoms with Crippen molar-refractivity contribution in [3.05, 3.63) is 106 Å². The van der Waals surface area contributed by atoms with Gasteiger partial charge in [-0.2, -0.15) is 0 Å². The van der Waals surface area contributed by atoms with Crippen molar-refractivity contribution in [3.8, 4) is 11.1 Å². The van der Waals surface area contributed by atoms with E-state index in [2.05, 4.69) is 0 Å². The summed E-state index contributed by atoms with van der Waals surface area (Å²) < 4.78 is 14.7. The standard InChI is InChI=1S/C31H32FNO4/c1-20-5-13-26(21(2)18-20)27-19-24(10-14-28(27)32)29(34)15-11-25-12-16-30(35)33(25)17-3-4-22-6-8-23(9-7-22)31(36)37/h5-11,13-15,18-19,25,29,34H,3-4,12,16-17H2,1-2H3,(H,36,37)/b15-11+. The Balaban J connectivity index is 1.40. The van der Waals surface area contributed by atoms with E-state index >= 15 is 0 Å². The molecule has 2 atom stereocenters. The van der Waals surface area contributed by atoms with E-state index in [1.54, 1.807) is 42.5 Å². The third kappa shape index (κ3) is 6.33. The Morgan fingerprint density at radius 1 is 1.08 bits per heavy atom. The zero-order valence-corrected chi connectivity index (χ0v) is 21.2. The molecule has 1 heterocycles. The Morgan fingerprint density at radius 3 is 2.54 bits per heavy atom. The highest BCUT2D eigenvalue weighted by Crippen LogP contribution is 2.30. The van der Waals surface area contributed by atoms with Crippen LogP contribution in [0.15, 0.2) is 72.8 Å². The van der Waals surface area contributed by atoms with Gasteiger partial charge in [0.25, 0.3) is 0 Å². The molecule has 3 aromatic carbocycles. The molecule has 0 spiro atoms. The lowest BCUT2D eigenvalue weighted by atomic mass is 9.95. The lowest BCUT2D eigenvalue weighted by Gasteiger charge is -2.23. The fourth-order valence-electron chi connectivity index (χ4n) is 4.91. The van der Waals surface area contributed by atoms with Crippen LogP contribution in [0.2, 0.25) is 0 Å². The van der Waals surface area contributed by atoms with Crippen molar-refractivity contribution in [3.63, 3.8) is 0 Å². The first kappa shape index (κ1) is 26.3. The summed E-state index contributed by atoms with van der Waals surface area (Å²) in [6.07, 6.45) is 5.27. The fourth-order valence-corrected chi connectivity index (χ4v) is 4.91. The van der Waals surface area contributed by atoms with Gasteiger partial charge in [0.15, 0.2) is 0 Å². The quantitative estimate of drug-likeness (QED) is 0.352. The summed E-state index contributed by atoms with van der Waals surface area (Å²) in [6.45, 7) is 4.52. The minimum atomic E-state index is -0.951. The average Bonchev–Trinajstić information content (AvgIpc) is 3.22. The van der Waals surface area contributed by atoms with Gasteiger partial charge in [-0.25, -0.2) is 9.18 Å². The highest BCUT2D eigenvalue weighted by atomic mass is 19.1. The van der Waals surface area contributed by atoms with Gasteiger partial charge < -0.3 is 15.1 Å². The summed E-state index contributed by atoms with van der Waals surface area (Å²) in [6, 6.07) is 17.2. The van der Waals surface area contributed by atoms with Gasteiger partial charge in [0.1, 0.15) is 5.82 Å². The van der Waals surface area contributed by atoms with Crippen LogP contribution in [-0.2, 0) is 11.2 Å². The lowest BCUT2D eigenvalue weighted by molar-refractivity contribution is -0.128. The monoisotopic (exact) mass is 501 g/mol. The molecular formula is C31H32FNO4. The Labute approximate surface area is 216 Å². The van der Waals surface area contributed by atoms with Crippen LogP contribution in [0, 0.1) is 19.7 Å². The molecule has 2 unspecified atom stereocenters. The van der Waals surface area contributed by atoms with Crippen molar-refractivity contribution in [1.29, 1.82) is 0 Å². The molecule has 1 aliphatic rings. The van der Waals surface area contributed by atoms with Crippen LogP contribution >= 0.6 is 0 Å². The average molecular weight is 502 g/mol. The number of carbonyl (C=O) groups excluding carboxylic acids is 1. The van der Waals surface area contributed by atoms with Crippen LogP contribution in [0.1, 0.15) is 58.0 Å². The number of aliphatic hydroxyl groups is 1. The summed E-state index contributed by atoms with van der Waals surface area (Å²) in [4.78, 5) is 25.3. The van der Waals surface area contributed by atoms with Gasteiger partial charge in [-0.3, -0.25) is 4.79 Å². The highest BCUT2D eigenvalue weighted by molar-refractivity contribution is 5.87. The van der Waals surface area contributed by atoms with Gasteiger partial charge >= 0.3 is 5.97 Å². The number of nitrogens with zero attached hydrogens (tertiary/aromatic N) is 1. The van der Waals surface area contributed by atoms with Gasteiger partial charge in [0, 0.05) is 18.5 Å². The lowest BCUT2D eigenvalue weighted by Crippen LogP contribution is -2.33. The van der Waals surface area contributed by atoms with Crippen molar-refractivity contribution in [2.75, 3.05) is 6.54 Å². The highest BCUT2D eigenvalue weighted by Gasteiger charge is 2.28. The second-order valence-corrected chi connectivity index (χ2v) is 9.69. The molecule has 0 aliphatic carbocycles. The molecule has 37 heavy (non-hydrogen) atoms. The molecule has 2 N–H and O–H groups in total.